The number of carbonyl (C=O) groups excluding carboxylic acids is 1. The van der Waals surface area contributed by atoms with Gasteiger partial charge in [-0.15, -0.1) is 0 Å². The normalized spacial score (nSPS) is 12.2. The van der Waals surface area contributed by atoms with Crippen LogP contribution in [0.1, 0.15) is 18.5 Å². The van der Waals surface area contributed by atoms with Crippen LogP contribution >= 0.6 is 0 Å². The van der Waals surface area contributed by atoms with Crippen molar-refractivity contribution in [2.45, 2.75) is 25.4 Å². The van der Waals surface area contributed by atoms with Crippen molar-refractivity contribution in [1.82, 2.24) is 10.3 Å². The van der Waals surface area contributed by atoms with E-state index in [1.807, 2.05) is 36.4 Å². The molecule has 0 aliphatic heterocycles. The number of carbonyl (C=O) groups is 2. The van der Waals surface area contributed by atoms with Gasteiger partial charge in [0.1, 0.15) is 6.04 Å². The standard InChI is InChI=1S/C15H17N3O3/c16-14(19)8-7-13(15(20)21)17-9-11-6-5-10-3-1-2-4-12(10)18-11/h1-6,13,17H,7-9H2,(H2,16,19)(H,20,21)/t13-/m0/s1. The molecule has 2 rings (SSSR count). The topological polar surface area (TPSA) is 105 Å². The highest BCUT2D eigenvalue weighted by Crippen LogP contribution is 2.12. The van der Waals surface area contributed by atoms with E-state index in [-0.39, 0.29) is 12.8 Å². The number of hydrogen-bond donors (Lipinski definition) is 3. The summed E-state index contributed by atoms with van der Waals surface area (Å²) in [6.45, 7) is 0.320. The van der Waals surface area contributed by atoms with Gasteiger partial charge in [0, 0.05) is 18.4 Å². The maximum Gasteiger partial charge on any atom is 0.320 e. The molecule has 1 aromatic heterocycles. The van der Waals surface area contributed by atoms with Crippen LogP contribution in [0.2, 0.25) is 0 Å². The molecule has 1 heterocycles. The van der Waals surface area contributed by atoms with Crippen molar-refractivity contribution >= 4 is 22.8 Å². The molecule has 110 valence electrons. The van der Waals surface area contributed by atoms with Gasteiger partial charge in [0.05, 0.1) is 11.2 Å². The summed E-state index contributed by atoms with van der Waals surface area (Å²) in [6, 6.07) is 10.7. The van der Waals surface area contributed by atoms with Gasteiger partial charge in [-0.1, -0.05) is 24.3 Å². The number of para-hydroxylation sites is 1. The van der Waals surface area contributed by atoms with Crippen LogP contribution in [0, 0.1) is 0 Å². The molecule has 0 saturated carbocycles. The molecular weight excluding hydrogens is 270 g/mol. The number of carboxylic acid groups (broad SMARTS) is 1. The summed E-state index contributed by atoms with van der Waals surface area (Å²) in [6.07, 6.45) is 0.202. The third kappa shape index (κ3) is 4.25. The summed E-state index contributed by atoms with van der Waals surface area (Å²) in [5.41, 5.74) is 6.65. The number of fused-ring (bicyclic) bond motifs is 1. The molecule has 2 aromatic rings. The van der Waals surface area contributed by atoms with Gasteiger partial charge in [0.2, 0.25) is 5.91 Å². The lowest BCUT2D eigenvalue weighted by atomic mass is 10.1. The Balaban J connectivity index is 2.01. The Hall–Kier alpha value is -2.47. The minimum atomic E-state index is -1.00. The van der Waals surface area contributed by atoms with Gasteiger partial charge in [0.25, 0.3) is 0 Å². The average molecular weight is 287 g/mol. The molecule has 1 atom stereocenters. The highest BCUT2D eigenvalue weighted by Gasteiger charge is 2.17. The third-order valence-electron chi connectivity index (χ3n) is 3.16. The van der Waals surface area contributed by atoms with Crippen molar-refractivity contribution in [3.8, 4) is 0 Å². The molecule has 0 aliphatic carbocycles. The Morgan fingerprint density at radius 1 is 1.24 bits per heavy atom. The second kappa shape index (κ2) is 6.81. The number of benzene rings is 1. The van der Waals surface area contributed by atoms with E-state index in [1.165, 1.54) is 0 Å². The number of nitrogens with two attached hydrogens (primary N) is 1. The fourth-order valence-electron chi connectivity index (χ4n) is 2.03. The van der Waals surface area contributed by atoms with E-state index in [0.29, 0.717) is 6.54 Å². The molecular formula is C15H17N3O3. The Labute approximate surface area is 122 Å². The van der Waals surface area contributed by atoms with E-state index in [0.717, 1.165) is 16.6 Å². The summed E-state index contributed by atoms with van der Waals surface area (Å²) in [7, 11) is 0. The zero-order chi connectivity index (χ0) is 15.2. The number of nitrogens with zero attached hydrogens (tertiary/aromatic N) is 1. The van der Waals surface area contributed by atoms with Crippen LogP contribution < -0.4 is 11.1 Å². The van der Waals surface area contributed by atoms with Gasteiger partial charge in [-0.3, -0.25) is 19.9 Å². The van der Waals surface area contributed by atoms with Crippen LogP contribution in [0.15, 0.2) is 36.4 Å². The van der Waals surface area contributed by atoms with Crippen molar-refractivity contribution in [3.05, 3.63) is 42.1 Å². The number of pyridine rings is 1. The number of carboxylic acids is 1. The molecule has 6 nitrogen and oxygen atoms in total. The average Bonchev–Trinajstić information content (AvgIpc) is 2.46. The van der Waals surface area contributed by atoms with E-state index >= 15 is 0 Å². The van der Waals surface area contributed by atoms with Crippen molar-refractivity contribution in [2.24, 2.45) is 5.73 Å². The zero-order valence-electron chi connectivity index (χ0n) is 11.5. The second-order valence-electron chi connectivity index (χ2n) is 4.77. The first-order valence-corrected chi connectivity index (χ1v) is 6.65. The predicted octanol–water partition coefficient (Wildman–Crippen LogP) is 1.04. The zero-order valence-corrected chi connectivity index (χ0v) is 11.5. The summed E-state index contributed by atoms with van der Waals surface area (Å²) in [5.74, 6) is -1.51. The second-order valence-corrected chi connectivity index (χ2v) is 4.77. The number of hydrogen-bond acceptors (Lipinski definition) is 4. The molecule has 1 aromatic carbocycles. The molecule has 0 saturated heterocycles. The van der Waals surface area contributed by atoms with E-state index in [2.05, 4.69) is 10.3 Å². The maximum absolute atomic E-state index is 11.1. The van der Waals surface area contributed by atoms with Crippen molar-refractivity contribution in [2.75, 3.05) is 0 Å². The molecule has 6 heteroatoms. The van der Waals surface area contributed by atoms with Crippen molar-refractivity contribution < 1.29 is 14.7 Å². The lowest BCUT2D eigenvalue weighted by Gasteiger charge is -2.13. The first kappa shape index (κ1) is 14.9. The Morgan fingerprint density at radius 2 is 2.00 bits per heavy atom. The lowest BCUT2D eigenvalue weighted by Crippen LogP contribution is -2.37. The molecule has 0 bridgehead atoms. The molecule has 0 fully saturated rings. The monoisotopic (exact) mass is 287 g/mol. The molecule has 0 radical (unpaired) electrons. The number of aliphatic carboxylic acids is 1. The highest BCUT2D eigenvalue weighted by atomic mass is 16.4. The number of nitrogens with one attached hydrogen (secondary N) is 1. The summed E-state index contributed by atoms with van der Waals surface area (Å²) in [4.78, 5) is 26.3. The van der Waals surface area contributed by atoms with Gasteiger partial charge in [-0.2, -0.15) is 0 Å². The van der Waals surface area contributed by atoms with E-state index in [4.69, 9.17) is 10.8 Å². The van der Waals surface area contributed by atoms with E-state index in [9.17, 15) is 9.59 Å². The molecule has 1 amide bonds. The predicted molar refractivity (Wildman–Crippen MR) is 78.4 cm³/mol. The largest absolute Gasteiger partial charge is 0.480 e. The SMILES string of the molecule is NC(=O)CC[C@H](NCc1ccc2ccccc2n1)C(=O)O. The minimum absolute atomic E-state index is 0.0368. The van der Waals surface area contributed by atoms with Crippen molar-refractivity contribution in [3.63, 3.8) is 0 Å². The van der Waals surface area contributed by atoms with Crippen LogP contribution in [0.25, 0.3) is 10.9 Å². The van der Waals surface area contributed by atoms with Gasteiger partial charge >= 0.3 is 5.97 Å². The fourth-order valence-corrected chi connectivity index (χ4v) is 2.03. The quantitative estimate of drug-likeness (QED) is 0.705. The van der Waals surface area contributed by atoms with Crippen molar-refractivity contribution in [1.29, 1.82) is 0 Å². The van der Waals surface area contributed by atoms with Gasteiger partial charge in [-0.25, -0.2) is 0 Å². The highest BCUT2D eigenvalue weighted by molar-refractivity contribution is 5.78. The fraction of sp³-hybridized carbons (Fsp3) is 0.267. The van der Waals surface area contributed by atoms with Gasteiger partial charge in [0.15, 0.2) is 0 Å². The first-order chi connectivity index (χ1) is 10.1. The van der Waals surface area contributed by atoms with Crippen LogP contribution in [-0.4, -0.2) is 28.0 Å². The summed E-state index contributed by atoms with van der Waals surface area (Å²) < 4.78 is 0. The van der Waals surface area contributed by atoms with E-state index < -0.39 is 17.9 Å². The molecule has 0 aliphatic rings. The Bertz CT molecular complexity index is 657. The molecule has 0 unspecified atom stereocenters. The lowest BCUT2D eigenvalue weighted by molar-refractivity contribution is -0.139. The summed E-state index contributed by atoms with van der Waals surface area (Å²) >= 11 is 0. The molecule has 21 heavy (non-hydrogen) atoms. The maximum atomic E-state index is 11.1. The van der Waals surface area contributed by atoms with Crippen LogP contribution in [0.5, 0.6) is 0 Å². The van der Waals surface area contributed by atoms with Crippen LogP contribution in [0.4, 0.5) is 0 Å². The van der Waals surface area contributed by atoms with Gasteiger partial charge < -0.3 is 10.8 Å². The molecule has 4 N–H and O–H groups in total. The third-order valence-corrected chi connectivity index (χ3v) is 3.16. The first-order valence-electron chi connectivity index (χ1n) is 6.65. The number of aromatic nitrogens is 1. The van der Waals surface area contributed by atoms with Gasteiger partial charge in [-0.05, 0) is 18.6 Å². The number of amides is 1. The number of rotatable bonds is 7. The Kier molecular flexibility index (Phi) is 4.84. The van der Waals surface area contributed by atoms with Crippen LogP contribution in [0.3, 0.4) is 0 Å². The van der Waals surface area contributed by atoms with Crippen LogP contribution in [-0.2, 0) is 16.1 Å². The number of primary amides is 1. The smallest absolute Gasteiger partial charge is 0.320 e. The van der Waals surface area contributed by atoms with E-state index in [1.54, 1.807) is 0 Å². The Morgan fingerprint density at radius 3 is 2.71 bits per heavy atom. The minimum Gasteiger partial charge on any atom is -0.480 e. The summed E-state index contributed by atoms with van der Waals surface area (Å²) in [5, 5.41) is 13.0. The molecule has 0 spiro atoms.